The van der Waals surface area contributed by atoms with Crippen molar-refractivity contribution in [2.75, 3.05) is 19.0 Å². The standard InChI is InChI=1S/C22H29NO4S/c1-7-27-21(25)16-12-18(14(2)13-22(3,4)5)28-20(16)23-19(24)15-10-8-9-11-17(15)26-6/h8-12,14H,7,13H2,1-6H3,(H,23,24). The van der Waals surface area contributed by atoms with Crippen LogP contribution in [0.15, 0.2) is 30.3 Å². The molecule has 1 unspecified atom stereocenters. The number of rotatable bonds is 7. The molecule has 1 amide bonds. The highest BCUT2D eigenvalue weighted by molar-refractivity contribution is 7.16. The van der Waals surface area contributed by atoms with Crippen LogP contribution in [0.3, 0.4) is 0 Å². The van der Waals surface area contributed by atoms with E-state index >= 15 is 0 Å². The Morgan fingerprint density at radius 3 is 2.46 bits per heavy atom. The molecule has 0 aliphatic heterocycles. The van der Waals surface area contributed by atoms with Crippen molar-refractivity contribution in [3.63, 3.8) is 0 Å². The number of nitrogens with one attached hydrogen (secondary N) is 1. The molecule has 0 saturated heterocycles. The normalized spacial score (nSPS) is 12.4. The smallest absolute Gasteiger partial charge is 0.341 e. The van der Waals surface area contributed by atoms with Crippen LogP contribution in [0.25, 0.3) is 0 Å². The van der Waals surface area contributed by atoms with Gasteiger partial charge >= 0.3 is 5.97 Å². The lowest BCUT2D eigenvalue weighted by atomic mass is 9.85. The molecule has 1 heterocycles. The number of para-hydroxylation sites is 1. The lowest BCUT2D eigenvalue weighted by Crippen LogP contribution is -2.15. The van der Waals surface area contributed by atoms with E-state index in [0.717, 1.165) is 11.3 Å². The molecule has 0 fully saturated rings. The summed E-state index contributed by atoms with van der Waals surface area (Å²) in [4.78, 5) is 26.3. The maximum atomic E-state index is 12.8. The number of amides is 1. The number of thiophene rings is 1. The van der Waals surface area contributed by atoms with Crippen molar-refractivity contribution < 1.29 is 19.1 Å². The first-order chi connectivity index (χ1) is 13.2. The molecule has 0 aliphatic rings. The van der Waals surface area contributed by atoms with Crippen LogP contribution < -0.4 is 10.1 Å². The van der Waals surface area contributed by atoms with Crippen LogP contribution in [-0.4, -0.2) is 25.6 Å². The molecular formula is C22H29NO4S. The average molecular weight is 404 g/mol. The summed E-state index contributed by atoms with van der Waals surface area (Å²) in [5, 5.41) is 3.38. The minimum Gasteiger partial charge on any atom is -0.496 e. The fraction of sp³-hybridized carbons (Fsp3) is 0.455. The summed E-state index contributed by atoms with van der Waals surface area (Å²) >= 11 is 1.43. The van der Waals surface area contributed by atoms with Crippen LogP contribution in [0.2, 0.25) is 0 Å². The van der Waals surface area contributed by atoms with Gasteiger partial charge in [-0.15, -0.1) is 11.3 Å². The van der Waals surface area contributed by atoms with Gasteiger partial charge in [0.1, 0.15) is 10.8 Å². The Morgan fingerprint density at radius 2 is 1.86 bits per heavy atom. The van der Waals surface area contributed by atoms with Crippen LogP contribution in [0.4, 0.5) is 5.00 Å². The van der Waals surface area contributed by atoms with Crippen molar-refractivity contribution in [1.29, 1.82) is 0 Å². The summed E-state index contributed by atoms with van der Waals surface area (Å²) in [6.07, 6.45) is 0.968. The number of anilines is 1. The Morgan fingerprint density at radius 1 is 1.18 bits per heavy atom. The molecule has 6 heteroatoms. The van der Waals surface area contributed by atoms with Crippen LogP contribution in [0.1, 0.15) is 72.6 Å². The highest BCUT2D eigenvalue weighted by atomic mass is 32.1. The Labute approximate surface area is 171 Å². The van der Waals surface area contributed by atoms with Gasteiger partial charge in [0.2, 0.25) is 0 Å². The van der Waals surface area contributed by atoms with Gasteiger partial charge in [-0.3, -0.25) is 4.79 Å². The summed E-state index contributed by atoms with van der Waals surface area (Å²) in [6.45, 7) is 10.7. The molecule has 1 aromatic carbocycles. The van der Waals surface area contributed by atoms with Crippen LogP contribution in [0, 0.1) is 5.41 Å². The molecular weight excluding hydrogens is 374 g/mol. The van der Waals surface area contributed by atoms with Gasteiger partial charge in [0, 0.05) is 4.88 Å². The van der Waals surface area contributed by atoms with E-state index in [1.54, 1.807) is 31.2 Å². The first kappa shape index (κ1) is 22.0. The zero-order valence-corrected chi connectivity index (χ0v) is 18.2. The van der Waals surface area contributed by atoms with Crippen molar-refractivity contribution in [2.45, 2.75) is 47.0 Å². The van der Waals surface area contributed by atoms with E-state index in [1.807, 2.05) is 6.07 Å². The van der Waals surface area contributed by atoms with Gasteiger partial charge in [-0.25, -0.2) is 4.79 Å². The number of carbonyl (C=O) groups is 2. The fourth-order valence-corrected chi connectivity index (χ4v) is 4.22. The molecule has 0 spiro atoms. The number of benzene rings is 1. The molecule has 0 aliphatic carbocycles. The Balaban J connectivity index is 2.35. The largest absolute Gasteiger partial charge is 0.496 e. The molecule has 0 radical (unpaired) electrons. The second-order valence-corrected chi connectivity index (χ2v) is 9.02. The third-order valence-corrected chi connectivity index (χ3v) is 5.51. The average Bonchev–Trinajstić information content (AvgIpc) is 3.04. The zero-order chi connectivity index (χ0) is 20.9. The van der Waals surface area contributed by atoms with E-state index in [2.05, 4.69) is 33.0 Å². The number of hydrogen-bond acceptors (Lipinski definition) is 5. The lowest BCUT2D eigenvalue weighted by molar-refractivity contribution is 0.0528. The second kappa shape index (κ2) is 9.24. The van der Waals surface area contributed by atoms with E-state index in [-0.39, 0.29) is 23.8 Å². The SMILES string of the molecule is CCOC(=O)c1cc(C(C)CC(C)(C)C)sc1NC(=O)c1ccccc1OC. The highest BCUT2D eigenvalue weighted by Crippen LogP contribution is 2.39. The molecule has 28 heavy (non-hydrogen) atoms. The van der Waals surface area contributed by atoms with Crippen LogP contribution in [-0.2, 0) is 4.74 Å². The van der Waals surface area contributed by atoms with E-state index in [1.165, 1.54) is 18.4 Å². The quantitative estimate of drug-likeness (QED) is 0.600. The van der Waals surface area contributed by atoms with E-state index < -0.39 is 5.97 Å². The molecule has 5 nitrogen and oxygen atoms in total. The van der Waals surface area contributed by atoms with E-state index in [9.17, 15) is 9.59 Å². The predicted molar refractivity (Wildman–Crippen MR) is 114 cm³/mol. The summed E-state index contributed by atoms with van der Waals surface area (Å²) in [7, 11) is 1.52. The van der Waals surface area contributed by atoms with Gasteiger partial charge in [-0.05, 0) is 42.9 Å². The number of methoxy groups -OCH3 is 1. The van der Waals surface area contributed by atoms with Gasteiger partial charge in [0.15, 0.2) is 0 Å². The zero-order valence-electron chi connectivity index (χ0n) is 17.4. The van der Waals surface area contributed by atoms with Gasteiger partial charge in [-0.2, -0.15) is 0 Å². The Hall–Kier alpha value is -2.34. The summed E-state index contributed by atoms with van der Waals surface area (Å²) in [5.74, 6) is -0.00573. The van der Waals surface area contributed by atoms with Gasteiger partial charge < -0.3 is 14.8 Å². The highest BCUT2D eigenvalue weighted by Gasteiger charge is 2.24. The van der Waals surface area contributed by atoms with Gasteiger partial charge in [-0.1, -0.05) is 39.8 Å². The molecule has 0 bridgehead atoms. The topological polar surface area (TPSA) is 64.6 Å². The first-order valence-corrected chi connectivity index (χ1v) is 10.2. The monoisotopic (exact) mass is 403 g/mol. The molecule has 152 valence electrons. The number of carbonyl (C=O) groups excluding carboxylic acids is 2. The van der Waals surface area contributed by atoms with Gasteiger partial charge in [0.05, 0.1) is 24.8 Å². The van der Waals surface area contributed by atoms with Gasteiger partial charge in [0.25, 0.3) is 5.91 Å². The Kier molecular flexibility index (Phi) is 7.24. The van der Waals surface area contributed by atoms with Crippen LogP contribution >= 0.6 is 11.3 Å². The molecule has 1 atom stereocenters. The molecule has 1 aromatic heterocycles. The van der Waals surface area contributed by atoms with Crippen molar-refractivity contribution >= 4 is 28.2 Å². The first-order valence-electron chi connectivity index (χ1n) is 9.41. The third kappa shape index (κ3) is 5.58. The van der Waals surface area contributed by atoms with Crippen molar-refractivity contribution in [3.8, 4) is 5.75 Å². The summed E-state index contributed by atoms with van der Waals surface area (Å²) in [6, 6.07) is 8.84. The second-order valence-electron chi connectivity index (χ2n) is 7.93. The van der Waals surface area contributed by atoms with Crippen LogP contribution in [0.5, 0.6) is 5.75 Å². The van der Waals surface area contributed by atoms with E-state index in [0.29, 0.717) is 21.9 Å². The number of hydrogen-bond donors (Lipinski definition) is 1. The Bertz CT molecular complexity index is 835. The molecule has 1 N–H and O–H groups in total. The minimum atomic E-state index is -0.428. The number of ether oxygens (including phenoxy) is 2. The maximum Gasteiger partial charge on any atom is 0.341 e. The fourth-order valence-electron chi connectivity index (χ4n) is 3.13. The van der Waals surface area contributed by atoms with E-state index in [4.69, 9.17) is 9.47 Å². The van der Waals surface area contributed by atoms with Crippen molar-refractivity contribution in [3.05, 3.63) is 46.3 Å². The lowest BCUT2D eigenvalue weighted by Gasteiger charge is -2.22. The summed E-state index contributed by atoms with van der Waals surface area (Å²) in [5.41, 5.74) is 0.970. The molecule has 2 aromatic rings. The maximum absolute atomic E-state index is 12.8. The third-order valence-electron chi connectivity index (χ3n) is 4.23. The summed E-state index contributed by atoms with van der Waals surface area (Å²) < 4.78 is 10.5. The predicted octanol–water partition coefficient (Wildman–Crippen LogP) is 5.73. The minimum absolute atomic E-state index is 0.161. The van der Waals surface area contributed by atoms with Crippen molar-refractivity contribution in [2.24, 2.45) is 5.41 Å². The molecule has 0 saturated carbocycles. The molecule has 2 rings (SSSR count). The number of esters is 1. The van der Waals surface area contributed by atoms with Crippen molar-refractivity contribution in [1.82, 2.24) is 0 Å².